The van der Waals surface area contributed by atoms with E-state index in [9.17, 15) is 13.2 Å². The van der Waals surface area contributed by atoms with Gasteiger partial charge >= 0.3 is 6.18 Å². The molecule has 1 rings (SSSR count). The summed E-state index contributed by atoms with van der Waals surface area (Å²) < 4.78 is 36.0. The van der Waals surface area contributed by atoms with Crippen LogP contribution in [0.2, 0.25) is 0 Å². The predicted molar refractivity (Wildman–Crippen MR) is 31.7 cm³/mol. The molecular weight excluding hydrogens is 157 g/mol. The zero-order valence-electron chi connectivity index (χ0n) is 5.60. The highest BCUT2D eigenvalue weighted by Crippen LogP contribution is 2.19. The number of aromatic nitrogens is 2. The molecule has 1 aromatic heterocycles. The molecule has 0 saturated carbocycles. The van der Waals surface area contributed by atoms with E-state index in [1.165, 1.54) is 17.1 Å². The maximum absolute atomic E-state index is 11.6. The maximum Gasteiger partial charge on any atom is 0.390 e. The Morgan fingerprint density at radius 2 is 2.18 bits per heavy atom. The first-order chi connectivity index (χ1) is 5.08. The Labute approximate surface area is 61.6 Å². The molecule has 0 aliphatic rings. The summed E-state index contributed by atoms with van der Waals surface area (Å²) in [5.74, 6) is 0. The van der Waals surface area contributed by atoms with Crippen LogP contribution in [0.1, 0.15) is 6.42 Å². The first kappa shape index (κ1) is 8.10. The predicted octanol–water partition coefficient (Wildman–Crippen LogP) is 1.64. The second-order valence-corrected chi connectivity index (χ2v) is 2.07. The number of hydrogen-bond donors (Lipinski definition) is 0. The lowest BCUT2D eigenvalue weighted by Crippen LogP contribution is -2.12. The number of alkyl halides is 3. The summed E-state index contributed by atoms with van der Waals surface area (Å²) in [6.07, 6.45) is -2.24. The number of hydrogen-bond acceptors (Lipinski definition) is 1. The van der Waals surface area contributed by atoms with E-state index in [0.29, 0.717) is 0 Å². The van der Waals surface area contributed by atoms with Crippen LogP contribution in [-0.2, 0) is 6.54 Å². The van der Waals surface area contributed by atoms with E-state index in [-0.39, 0.29) is 6.54 Å². The van der Waals surface area contributed by atoms with Gasteiger partial charge in [0.2, 0.25) is 0 Å². The molecule has 0 saturated heterocycles. The molecule has 0 N–H and O–H groups in total. The minimum Gasteiger partial charge on any atom is -0.272 e. The van der Waals surface area contributed by atoms with Gasteiger partial charge in [-0.25, -0.2) is 0 Å². The molecule has 0 aromatic carbocycles. The van der Waals surface area contributed by atoms with Crippen molar-refractivity contribution in [1.29, 1.82) is 0 Å². The summed E-state index contributed by atoms with van der Waals surface area (Å²) in [5.41, 5.74) is 0. The van der Waals surface area contributed by atoms with Crippen molar-refractivity contribution in [3.63, 3.8) is 0 Å². The number of aryl methyl sites for hydroxylation is 1. The van der Waals surface area contributed by atoms with E-state index in [1.54, 1.807) is 0 Å². The van der Waals surface area contributed by atoms with Gasteiger partial charge in [-0.1, -0.05) is 0 Å². The number of rotatable bonds is 2. The van der Waals surface area contributed by atoms with E-state index < -0.39 is 12.6 Å². The molecule has 0 aliphatic carbocycles. The summed E-state index contributed by atoms with van der Waals surface area (Å²) >= 11 is 0. The van der Waals surface area contributed by atoms with E-state index in [4.69, 9.17) is 0 Å². The highest BCUT2D eigenvalue weighted by atomic mass is 19.4. The van der Waals surface area contributed by atoms with Gasteiger partial charge in [-0.2, -0.15) is 18.3 Å². The number of halogens is 3. The molecule has 0 bridgehead atoms. The Kier molecular flexibility index (Phi) is 2.16. The van der Waals surface area contributed by atoms with Crippen LogP contribution < -0.4 is 0 Å². The van der Waals surface area contributed by atoms with Crippen molar-refractivity contribution in [3.8, 4) is 0 Å². The van der Waals surface area contributed by atoms with Crippen LogP contribution in [0.5, 0.6) is 0 Å². The molecule has 1 aromatic rings. The third kappa shape index (κ3) is 3.06. The average Bonchev–Trinajstić information content (AvgIpc) is 2.32. The van der Waals surface area contributed by atoms with E-state index in [1.807, 2.05) is 0 Å². The van der Waals surface area contributed by atoms with Crippen LogP contribution in [0.3, 0.4) is 0 Å². The first-order valence-electron chi connectivity index (χ1n) is 3.03. The first-order valence-corrected chi connectivity index (χ1v) is 3.03. The van der Waals surface area contributed by atoms with Gasteiger partial charge in [-0.05, 0) is 0 Å². The minimum absolute atomic E-state index is 0.132. The summed E-state index contributed by atoms with van der Waals surface area (Å²) in [6.45, 7) is -0.132. The van der Waals surface area contributed by atoms with Crippen molar-refractivity contribution in [2.75, 3.05) is 0 Å². The second kappa shape index (κ2) is 2.94. The zero-order valence-corrected chi connectivity index (χ0v) is 5.60. The van der Waals surface area contributed by atoms with Crippen LogP contribution >= 0.6 is 0 Å². The van der Waals surface area contributed by atoms with Gasteiger partial charge in [-0.15, -0.1) is 0 Å². The SMILES string of the molecule is FC(F)(F)CCn1c[c]cn1. The van der Waals surface area contributed by atoms with Crippen molar-refractivity contribution in [2.24, 2.45) is 0 Å². The molecule has 0 amide bonds. The molecule has 11 heavy (non-hydrogen) atoms. The summed E-state index contributed by atoms with van der Waals surface area (Å²) in [4.78, 5) is 0. The molecule has 61 valence electrons. The quantitative estimate of drug-likeness (QED) is 0.648. The van der Waals surface area contributed by atoms with Crippen molar-refractivity contribution in [3.05, 3.63) is 18.5 Å². The lowest BCUT2D eigenvalue weighted by Gasteiger charge is -2.04. The highest BCUT2D eigenvalue weighted by molar-refractivity contribution is 4.74. The summed E-state index contributed by atoms with van der Waals surface area (Å²) in [7, 11) is 0. The lowest BCUT2D eigenvalue weighted by atomic mass is 10.4. The van der Waals surface area contributed by atoms with Crippen LogP contribution in [-0.4, -0.2) is 16.0 Å². The van der Waals surface area contributed by atoms with Gasteiger partial charge in [0.15, 0.2) is 0 Å². The van der Waals surface area contributed by atoms with Crippen molar-refractivity contribution < 1.29 is 13.2 Å². The fourth-order valence-electron chi connectivity index (χ4n) is 0.624. The minimum atomic E-state index is -4.11. The van der Waals surface area contributed by atoms with Gasteiger partial charge < -0.3 is 0 Å². The second-order valence-electron chi connectivity index (χ2n) is 2.07. The molecular formula is C6H6F3N2. The standard InChI is InChI=1S/C6H6F3N2/c7-6(8,9)2-5-11-4-1-3-10-11/h3-4H,2,5H2. The Bertz CT molecular complexity index is 202. The molecule has 0 aliphatic heterocycles. The molecule has 1 heterocycles. The number of nitrogens with zero attached hydrogens (tertiary/aromatic N) is 2. The van der Waals surface area contributed by atoms with Gasteiger partial charge in [0.1, 0.15) is 0 Å². The maximum atomic E-state index is 11.6. The normalized spacial score (nSPS) is 11.9. The Balaban J connectivity index is 2.35. The lowest BCUT2D eigenvalue weighted by molar-refractivity contribution is -0.137. The molecule has 0 fully saturated rings. The fourth-order valence-corrected chi connectivity index (χ4v) is 0.624. The topological polar surface area (TPSA) is 17.8 Å². The molecule has 0 atom stereocenters. The van der Waals surface area contributed by atoms with E-state index >= 15 is 0 Å². The van der Waals surface area contributed by atoms with Gasteiger partial charge in [0.25, 0.3) is 0 Å². The highest BCUT2D eigenvalue weighted by Gasteiger charge is 2.26. The van der Waals surface area contributed by atoms with Crippen molar-refractivity contribution in [2.45, 2.75) is 19.1 Å². The van der Waals surface area contributed by atoms with Gasteiger partial charge in [0.05, 0.1) is 12.6 Å². The molecule has 0 unspecified atom stereocenters. The Hall–Kier alpha value is -1.00. The van der Waals surface area contributed by atoms with Crippen LogP contribution in [0, 0.1) is 6.07 Å². The zero-order chi connectivity index (χ0) is 8.32. The van der Waals surface area contributed by atoms with Crippen LogP contribution in [0.4, 0.5) is 13.2 Å². The molecule has 1 radical (unpaired) electrons. The molecule has 0 spiro atoms. The Morgan fingerprint density at radius 1 is 1.45 bits per heavy atom. The third-order valence-corrected chi connectivity index (χ3v) is 1.13. The monoisotopic (exact) mass is 163 g/mol. The van der Waals surface area contributed by atoms with Crippen LogP contribution in [0.25, 0.3) is 0 Å². The van der Waals surface area contributed by atoms with Crippen molar-refractivity contribution >= 4 is 0 Å². The average molecular weight is 163 g/mol. The third-order valence-electron chi connectivity index (χ3n) is 1.13. The van der Waals surface area contributed by atoms with Crippen molar-refractivity contribution in [1.82, 2.24) is 9.78 Å². The summed E-state index contributed by atoms with van der Waals surface area (Å²) in [5, 5.41) is 3.58. The van der Waals surface area contributed by atoms with E-state index in [0.717, 1.165) is 0 Å². The summed E-state index contributed by atoms with van der Waals surface area (Å²) in [6, 6.07) is 2.55. The van der Waals surface area contributed by atoms with E-state index in [2.05, 4.69) is 11.2 Å². The van der Waals surface area contributed by atoms with Crippen LogP contribution in [0.15, 0.2) is 12.4 Å². The Morgan fingerprint density at radius 3 is 2.64 bits per heavy atom. The fraction of sp³-hybridized carbons (Fsp3) is 0.500. The largest absolute Gasteiger partial charge is 0.390 e. The van der Waals surface area contributed by atoms with Gasteiger partial charge in [-0.3, -0.25) is 4.68 Å². The molecule has 5 heteroatoms. The smallest absolute Gasteiger partial charge is 0.272 e. The van der Waals surface area contributed by atoms with Gasteiger partial charge in [0, 0.05) is 18.8 Å². The molecule has 2 nitrogen and oxygen atoms in total.